The maximum absolute atomic E-state index is 3.64. The van der Waals surface area contributed by atoms with Crippen LogP contribution in [0.2, 0.25) is 0 Å². The maximum Gasteiger partial charge on any atom is 0.0285 e. The summed E-state index contributed by atoms with van der Waals surface area (Å²) in [5, 5.41) is 3.64. The van der Waals surface area contributed by atoms with Crippen molar-refractivity contribution in [1.82, 2.24) is 5.32 Å². The average Bonchev–Trinajstić information content (AvgIpc) is 2.29. The highest BCUT2D eigenvalue weighted by atomic mass is 35.5. The van der Waals surface area contributed by atoms with Crippen LogP contribution in [-0.4, -0.2) is 12.6 Å². The molecule has 1 saturated heterocycles. The lowest BCUT2D eigenvalue weighted by atomic mass is 9.75. The number of rotatable bonds is 0. The van der Waals surface area contributed by atoms with Crippen LogP contribution in [0.15, 0.2) is 35.5 Å². The van der Waals surface area contributed by atoms with Gasteiger partial charge >= 0.3 is 0 Å². The van der Waals surface area contributed by atoms with Gasteiger partial charge in [0.1, 0.15) is 0 Å². The second kappa shape index (κ2) is 4.54. The van der Waals surface area contributed by atoms with Gasteiger partial charge in [-0.3, -0.25) is 0 Å². The molecule has 2 aliphatic carbocycles. The summed E-state index contributed by atoms with van der Waals surface area (Å²) in [6, 6.07) is 0.700. The molecule has 0 aromatic rings. The molecule has 2 atom stereocenters. The van der Waals surface area contributed by atoms with Crippen LogP contribution in [0.3, 0.4) is 0 Å². The van der Waals surface area contributed by atoms with E-state index in [9.17, 15) is 0 Å². The fourth-order valence-electron chi connectivity index (χ4n) is 3.00. The summed E-state index contributed by atoms with van der Waals surface area (Å²) in [6.45, 7) is 1.21. The molecule has 0 aromatic heterocycles. The first-order chi connectivity index (χ1) is 6.95. The van der Waals surface area contributed by atoms with Gasteiger partial charge < -0.3 is 5.32 Å². The summed E-state index contributed by atoms with van der Waals surface area (Å²) in [7, 11) is 0. The van der Waals surface area contributed by atoms with Crippen molar-refractivity contribution < 1.29 is 0 Å². The van der Waals surface area contributed by atoms with Crippen molar-refractivity contribution in [2.24, 2.45) is 5.92 Å². The zero-order valence-electron chi connectivity index (χ0n) is 8.91. The Kier molecular flexibility index (Phi) is 3.32. The zero-order valence-corrected chi connectivity index (χ0v) is 9.72. The Balaban J connectivity index is 0.000000853. The fraction of sp³-hybridized carbons (Fsp3) is 0.538. The van der Waals surface area contributed by atoms with E-state index in [0.29, 0.717) is 6.04 Å². The van der Waals surface area contributed by atoms with Crippen molar-refractivity contribution >= 4 is 12.4 Å². The molecule has 2 heteroatoms. The van der Waals surface area contributed by atoms with E-state index in [1.807, 2.05) is 0 Å². The van der Waals surface area contributed by atoms with Crippen LogP contribution in [0.1, 0.15) is 25.7 Å². The SMILES string of the molecule is C1=CC2=C3CCCNC3CCC2C=C1.Cl. The third-order valence-electron chi connectivity index (χ3n) is 3.70. The van der Waals surface area contributed by atoms with E-state index in [0.717, 1.165) is 5.92 Å². The minimum atomic E-state index is 0. The summed E-state index contributed by atoms with van der Waals surface area (Å²) >= 11 is 0. The molecule has 3 rings (SSSR count). The predicted molar refractivity (Wildman–Crippen MR) is 66.3 cm³/mol. The van der Waals surface area contributed by atoms with Gasteiger partial charge in [0.25, 0.3) is 0 Å². The van der Waals surface area contributed by atoms with E-state index in [4.69, 9.17) is 0 Å². The third kappa shape index (κ3) is 1.91. The van der Waals surface area contributed by atoms with Gasteiger partial charge in [-0.2, -0.15) is 0 Å². The molecule has 2 unspecified atom stereocenters. The Hall–Kier alpha value is -0.530. The van der Waals surface area contributed by atoms with Crippen LogP contribution < -0.4 is 5.32 Å². The van der Waals surface area contributed by atoms with Crippen LogP contribution in [-0.2, 0) is 0 Å². The fourth-order valence-corrected chi connectivity index (χ4v) is 3.00. The first-order valence-electron chi connectivity index (χ1n) is 5.76. The summed E-state index contributed by atoms with van der Waals surface area (Å²) in [5.41, 5.74) is 3.32. The van der Waals surface area contributed by atoms with Crippen LogP contribution in [0.4, 0.5) is 0 Å². The summed E-state index contributed by atoms with van der Waals surface area (Å²) < 4.78 is 0. The third-order valence-corrected chi connectivity index (χ3v) is 3.70. The smallest absolute Gasteiger partial charge is 0.0285 e. The van der Waals surface area contributed by atoms with Crippen molar-refractivity contribution in [2.75, 3.05) is 6.54 Å². The molecule has 0 amide bonds. The molecule has 0 spiro atoms. The Morgan fingerprint density at radius 1 is 1.20 bits per heavy atom. The lowest BCUT2D eigenvalue weighted by Crippen LogP contribution is -2.39. The molecule has 1 heterocycles. The van der Waals surface area contributed by atoms with Crippen molar-refractivity contribution in [3.8, 4) is 0 Å². The summed E-state index contributed by atoms with van der Waals surface area (Å²) in [5.74, 6) is 0.728. The number of piperidine rings is 1. The quantitative estimate of drug-likeness (QED) is 0.666. The molecule has 1 aliphatic heterocycles. The number of halogens is 1. The molecule has 1 nitrogen and oxygen atoms in total. The normalized spacial score (nSPS) is 33.1. The Morgan fingerprint density at radius 3 is 3.07 bits per heavy atom. The van der Waals surface area contributed by atoms with Crippen molar-refractivity contribution in [1.29, 1.82) is 0 Å². The lowest BCUT2D eigenvalue weighted by Gasteiger charge is -2.36. The van der Waals surface area contributed by atoms with E-state index in [1.54, 1.807) is 11.1 Å². The number of allylic oxidation sites excluding steroid dienone is 5. The average molecular weight is 224 g/mol. The molecule has 1 N–H and O–H groups in total. The maximum atomic E-state index is 3.64. The second-order valence-corrected chi connectivity index (χ2v) is 4.52. The minimum absolute atomic E-state index is 0. The van der Waals surface area contributed by atoms with Gasteiger partial charge in [-0.25, -0.2) is 0 Å². The predicted octanol–water partition coefficient (Wildman–Crippen LogP) is 2.99. The highest BCUT2D eigenvalue weighted by molar-refractivity contribution is 5.85. The molecule has 0 aromatic carbocycles. The van der Waals surface area contributed by atoms with E-state index < -0.39 is 0 Å². The Labute approximate surface area is 97.7 Å². The summed E-state index contributed by atoms with van der Waals surface area (Å²) in [4.78, 5) is 0. The van der Waals surface area contributed by atoms with Gasteiger partial charge in [0.2, 0.25) is 0 Å². The van der Waals surface area contributed by atoms with Crippen molar-refractivity contribution in [2.45, 2.75) is 31.7 Å². The minimum Gasteiger partial charge on any atom is -0.310 e. The molecule has 82 valence electrons. The van der Waals surface area contributed by atoms with E-state index in [-0.39, 0.29) is 12.4 Å². The number of fused-ring (bicyclic) bond motifs is 2. The van der Waals surface area contributed by atoms with Crippen molar-refractivity contribution in [3.05, 3.63) is 35.5 Å². The molecule has 0 bridgehead atoms. The van der Waals surface area contributed by atoms with Gasteiger partial charge in [-0.1, -0.05) is 24.3 Å². The standard InChI is InChI=1S/C13H17N.ClH/c1-2-5-11-10(4-1)7-8-13-12(11)6-3-9-14-13;/h1-2,4-5,10,13-14H,3,6-9H2;1H. The second-order valence-electron chi connectivity index (χ2n) is 4.52. The molecule has 1 fully saturated rings. The molecule has 3 aliphatic rings. The Bertz CT molecular complexity index is 327. The van der Waals surface area contributed by atoms with Gasteiger partial charge in [0.05, 0.1) is 0 Å². The lowest BCUT2D eigenvalue weighted by molar-refractivity contribution is 0.410. The highest BCUT2D eigenvalue weighted by Gasteiger charge is 2.29. The van der Waals surface area contributed by atoms with Gasteiger partial charge in [0, 0.05) is 12.0 Å². The number of hydrogen-bond acceptors (Lipinski definition) is 1. The van der Waals surface area contributed by atoms with Gasteiger partial charge in [-0.15, -0.1) is 12.4 Å². The topological polar surface area (TPSA) is 12.0 Å². The zero-order chi connectivity index (χ0) is 9.38. The molecule has 15 heavy (non-hydrogen) atoms. The molecule has 0 saturated carbocycles. The largest absolute Gasteiger partial charge is 0.310 e. The number of nitrogens with one attached hydrogen (secondary N) is 1. The van der Waals surface area contributed by atoms with Crippen molar-refractivity contribution in [3.63, 3.8) is 0 Å². The van der Waals surface area contributed by atoms with Gasteiger partial charge in [0.15, 0.2) is 0 Å². The molecular formula is C13H18ClN. The number of hydrogen-bond donors (Lipinski definition) is 1. The van der Waals surface area contributed by atoms with Crippen LogP contribution in [0.25, 0.3) is 0 Å². The first-order valence-corrected chi connectivity index (χ1v) is 5.76. The Morgan fingerprint density at radius 2 is 2.13 bits per heavy atom. The van der Waals surface area contributed by atoms with Crippen LogP contribution in [0, 0.1) is 5.92 Å². The summed E-state index contributed by atoms with van der Waals surface area (Å²) in [6.07, 6.45) is 14.4. The van der Waals surface area contributed by atoms with Crippen LogP contribution in [0.5, 0.6) is 0 Å². The van der Waals surface area contributed by atoms with E-state index in [2.05, 4.69) is 29.6 Å². The van der Waals surface area contributed by atoms with E-state index >= 15 is 0 Å². The van der Waals surface area contributed by atoms with Crippen LogP contribution >= 0.6 is 12.4 Å². The molecular weight excluding hydrogens is 206 g/mol. The first kappa shape index (κ1) is 11.0. The highest BCUT2D eigenvalue weighted by Crippen LogP contribution is 2.37. The van der Waals surface area contributed by atoms with E-state index in [1.165, 1.54) is 32.2 Å². The van der Waals surface area contributed by atoms with Gasteiger partial charge in [-0.05, 0) is 43.4 Å². The molecule has 0 radical (unpaired) electrons. The monoisotopic (exact) mass is 223 g/mol.